The fourth-order valence-electron chi connectivity index (χ4n) is 3.06. The van der Waals surface area contributed by atoms with Crippen LogP contribution in [0.25, 0.3) is 17.2 Å². The van der Waals surface area contributed by atoms with Gasteiger partial charge in [0, 0.05) is 24.2 Å². The number of nitrogens with zero attached hydrogens (tertiary/aromatic N) is 4. The summed E-state index contributed by atoms with van der Waals surface area (Å²) in [5.74, 6) is 1.66. The van der Waals surface area contributed by atoms with Gasteiger partial charge in [0.15, 0.2) is 11.0 Å². The maximum Gasteiger partial charge on any atom is 0.196 e. The van der Waals surface area contributed by atoms with Gasteiger partial charge in [-0.15, -0.1) is 10.2 Å². The van der Waals surface area contributed by atoms with Gasteiger partial charge in [0.1, 0.15) is 5.69 Å². The number of hydrogen-bond acceptors (Lipinski definition) is 5. The molecule has 4 rings (SSSR count). The summed E-state index contributed by atoms with van der Waals surface area (Å²) in [4.78, 5) is 4.46. The lowest BCUT2D eigenvalue weighted by Gasteiger charge is -2.22. The molecule has 0 amide bonds. The van der Waals surface area contributed by atoms with Gasteiger partial charge in [-0.1, -0.05) is 35.5 Å². The Hall–Kier alpha value is -2.18. The third kappa shape index (κ3) is 3.81. The molecule has 134 valence electrons. The Bertz CT molecular complexity index is 842. The summed E-state index contributed by atoms with van der Waals surface area (Å²) < 4.78 is 7.95. The van der Waals surface area contributed by atoms with Gasteiger partial charge in [-0.3, -0.25) is 9.55 Å². The fourth-order valence-corrected chi connectivity index (χ4v) is 4.07. The highest BCUT2D eigenvalue weighted by atomic mass is 32.2. The molecule has 0 saturated carbocycles. The molecule has 1 aliphatic rings. The number of thioether (sulfide) groups is 1. The molecule has 1 fully saturated rings. The summed E-state index contributed by atoms with van der Waals surface area (Å²) in [7, 11) is 0. The number of aromatic nitrogens is 4. The van der Waals surface area contributed by atoms with Gasteiger partial charge in [0.2, 0.25) is 0 Å². The Morgan fingerprint density at radius 2 is 2.00 bits per heavy atom. The molecule has 26 heavy (non-hydrogen) atoms. The van der Waals surface area contributed by atoms with Crippen LogP contribution in [0, 0.1) is 6.92 Å². The minimum atomic E-state index is 0.301. The van der Waals surface area contributed by atoms with E-state index in [0.29, 0.717) is 6.10 Å². The largest absolute Gasteiger partial charge is 0.377 e. The van der Waals surface area contributed by atoms with Crippen LogP contribution < -0.4 is 0 Å². The van der Waals surface area contributed by atoms with E-state index in [4.69, 9.17) is 4.74 Å². The third-order valence-corrected chi connectivity index (χ3v) is 5.55. The number of hydrogen-bond donors (Lipinski definition) is 0. The van der Waals surface area contributed by atoms with Crippen LogP contribution in [0.5, 0.6) is 0 Å². The molecule has 5 nitrogen and oxygen atoms in total. The van der Waals surface area contributed by atoms with Crippen molar-refractivity contribution in [2.45, 2.75) is 37.4 Å². The first-order valence-corrected chi connectivity index (χ1v) is 9.98. The molecule has 1 atom stereocenters. The van der Waals surface area contributed by atoms with Crippen LogP contribution in [0.3, 0.4) is 0 Å². The number of rotatable bonds is 5. The maximum atomic E-state index is 5.86. The molecule has 3 heterocycles. The zero-order valence-corrected chi connectivity index (χ0v) is 15.7. The number of ether oxygens (including phenoxy) is 1. The van der Waals surface area contributed by atoms with Crippen LogP contribution in [0.15, 0.2) is 53.8 Å². The Morgan fingerprint density at radius 3 is 2.73 bits per heavy atom. The van der Waals surface area contributed by atoms with Crippen molar-refractivity contribution < 1.29 is 4.74 Å². The van der Waals surface area contributed by atoms with Gasteiger partial charge >= 0.3 is 0 Å². The summed E-state index contributed by atoms with van der Waals surface area (Å²) in [6, 6.07) is 14.3. The Labute approximate surface area is 157 Å². The molecule has 0 N–H and O–H groups in total. The van der Waals surface area contributed by atoms with Gasteiger partial charge < -0.3 is 4.74 Å². The third-order valence-electron chi connectivity index (χ3n) is 4.49. The average molecular weight is 366 g/mol. The minimum Gasteiger partial charge on any atom is -0.377 e. The molecule has 0 spiro atoms. The van der Waals surface area contributed by atoms with Crippen LogP contribution in [0.4, 0.5) is 0 Å². The van der Waals surface area contributed by atoms with Crippen LogP contribution in [-0.2, 0) is 4.74 Å². The first-order valence-electron chi connectivity index (χ1n) is 8.99. The molecule has 0 bridgehead atoms. The number of benzene rings is 1. The van der Waals surface area contributed by atoms with Gasteiger partial charge in [-0.25, -0.2) is 0 Å². The molecule has 3 aromatic rings. The lowest BCUT2D eigenvalue weighted by Crippen LogP contribution is -2.21. The molecule has 0 radical (unpaired) electrons. The van der Waals surface area contributed by atoms with Gasteiger partial charge in [0.25, 0.3) is 0 Å². The Balaban J connectivity index is 1.67. The monoisotopic (exact) mass is 366 g/mol. The normalized spacial score (nSPS) is 17.3. The quantitative estimate of drug-likeness (QED) is 0.630. The van der Waals surface area contributed by atoms with Crippen molar-refractivity contribution in [2.75, 3.05) is 12.4 Å². The van der Waals surface area contributed by atoms with Crippen molar-refractivity contribution in [3.63, 3.8) is 0 Å². The lowest BCUT2D eigenvalue weighted by molar-refractivity contribution is 0.0315. The molecular weight excluding hydrogens is 344 g/mol. The van der Waals surface area contributed by atoms with E-state index in [1.165, 1.54) is 18.4 Å². The smallest absolute Gasteiger partial charge is 0.196 e. The summed E-state index contributed by atoms with van der Waals surface area (Å²) in [6.07, 6.45) is 5.63. The van der Waals surface area contributed by atoms with Gasteiger partial charge in [-0.2, -0.15) is 0 Å². The van der Waals surface area contributed by atoms with Crippen LogP contribution in [0.2, 0.25) is 0 Å². The van der Waals surface area contributed by atoms with E-state index in [2.05, 4.69) is 50.9 Å². The van der Waals surface area contributed by atoms with Crippen molar-refractivity contribution in [1.82, 2.24) is 19.7 Å². The van der Waals surface area contributed by atoms with E-state index < -0.39 is 0 Å². The van der Waals surface area contributed by atoms with Gasteiger partial charge in [-0.05, 0) is 50.5 Å². The molecule has 1 aliphatic heterocycles. The first-order chi connectivity index (χ1) is 12.8. The summed E-state index contributed by atoms with van der Waals surface area (Å²) >= 11 is 1.70. The van der Waals surface area contributed by atoms with Crippen molar-refractivity contribution >= 4 is 11.8 Å². The zero-order valence-electron chi connectivity index (χ0n) is 14.8. The first kappa shape index (κ1) is 17.2. The van der Waals surface area contributed by atoms with Crippen molar-refractivity contribution in [3.05, 3.63) is 54.2 Å². The highest BCUT2D eigenvalue weighted by Crippen LogP contribution is 2.29. The summed E-state index contributed by atoms with van der Waals surface area (Å²) in [6.45, 7) is 2.96. The van der Waals surface area contributed by atoms with E-state index in [0.717, 1.165) is 41.1 Å². The lowest BCUT2D eigenvalue weighted by atomic mass is 10.1. The molecule has 6 heteroatoms. The Morgan fingerprint density at radius 1 is 1.12 bits per heavy atom. The minimum absolute atomic E-state index is 0.301. The molecule has 2 aromatic heterocycles. The summed E-state index contributed by atoms with van der Waals surface area (Å²) in [5, 5.41) is 9.77. The number of pyridine rings is 1. The predicted octanol–water partition coefficient (Wildman–Crippen LogP) is 4.30. The van der Waals surface area contributed by atoms with E-state index in [9.17, 15) is 0 Å². The van der Waals surface area contributed by atoms with E-state index >= 15 is 0 Å². The van der Waals surface area contributed by atoms with E-state index in [1.807, 2.05) is 18.2 Å². The van der Waals surface area contributed by atoms with E-state index in [1.54, 1.807) is 18.0 Å². The topological polar surface area (TPSA) is 52.8 Å². The van der Waals surface area contributed by atoms with Crippen LogP contribution in [-0.4, -0.2) is 38.2 Å². The Kier molecular flexibility index (Phi) is 5.32. The second-order valence-corrected chi connectivity index (χ2v) is 7.48. The SMILES string of the molecule is Cc1ccc(-n2c(SC[C@@H]3CCCCO3)nnc2-c2ccccn2)cc1. The van der Waals surface area contributed by atoms with Crippen molar-refractivity contribution in [1.29, 1.82) is 0 Å². The second-order valence-electron chi connectivity index (χ2n) is 6.49. The molecule has 0 aliphatic carbocycles. The molecular formula is C20H22N4OS. The predicted molar refractivity (Wildman–Crippen MR) is 104 cm³/mol. The van der Waals surface area contributed by atoms with E-state index in [-0.39, 0.29) is 0 Å². The second kappa shape index (κ2) is 8.01. The van der Waals surface area contributed by atoms with Crippen molar-refractivity contribution in [2.24, 2.45) is 0 Å². The summed E-state index contributed by atoms with van der Waals surface area (Å²) in [5.41, 5.74) is 3.10. The maximum absolute atomic E-state index is 5.86. The highest BCUT2D eigenvalue weighted by Gasteiger charge is 2.20. The molecule has 0 unspecified atom stereocenters. The number of aryl methyl sites for hydroxylation is 1. The van der Waals surface area contributed by atoms with Crippen molar-refractivity contribution in [3.8, 4) is 17.2 Å². The average Bonchev–Trinajstić information content (AvgIpc) is 3.12. The fraction of sp³-hybridized carbons (Fsp3) is 0.350. The van der Waals surface area contributed by atoms with Gasteiger partial charge in [0.05, 0.1) is 6.10 Å². The standard InChI is InChI=1S/C20H22N4OS/c1-15-8-10-16(11-9-15)24-19(18-7-2-4-12-21-18)22-23-20(24)26-14-17-6-3-5-13-25-17/h2,4,7-12,17H,3,5-6,13-14H2,1H3/t17-/m0/s1. The van der Waals surface area contributed by atoms with Crippen LogP contribution >= 0.6 is 11.8 Å². The molecule has 1 saturated heterocycles. The zero-order chi connectivity index (χ0) is 17.8. The molecule has 1 aromatic carbocycles. The highest BCUT2D eigenvalue weighted by molar-refractivity contribution is 7.99. The van der Waals surface area contributed by atoms with Crippen LogP contribution in [0.1, 0.15) is 24.8 Å².